The smallest absolute Gasteiger partial charge is 0.335 e. The fourth-order valence-corrected chi connectivity index (χ4v) is 2.75. The molecule has 2 aromatic heterocycles. The Bertz CT molecular complexity index is 791. The molecule has 3 aromatic rings. The summed E-state index contributed by atoms with van der Waals surface area (Å²) in [6, 6.07) is 4.82. The number of hydrogen-bond donors (Lipinski definition) is 2. The Balaban J connectivity index is 2.13. The Kier molecular flexibility index (Phi) is 2.98. The Labute approximate surface area is 118 Å². The summed E-state index contributed by atoms with van der Waals surface area (Å²) in [4.78, 5) is 19.5. The van der Waals surface area contributed by atoms with Crippen molar-refractivity contribution >= 4 is 28.5 Å². The molecule has 0 aliphatic carbocycles. The largest absolute Gasteiger partial charge is 0.478 e. The third kappa shape index (κ3) is 2.05. The number of carbonyl (C=O) groups is 1. The molecule has 1 aromatic carbocycles. The van der Waals surface area contributed by atoms with Crippen LogP contribution >= 0.6 is 11.5 Å². The number of imidazole rings is 1. The number of rotatable bonds is 3. The van der Waals surface area contributed by atoms with Crippen molar-refractivity contribution in [2.45, 2.75) is 19.8 Å². The summed E-state index contributed by atoms with van der Waals surface area (Å²) in [6.07, 6.45) is 0. The number of carboxylic acids is 1. The highest BCUT2D eigenvalue weighted by Gasteiger charge is 2.17. The summed E-state index contributed by atoms with van der Waals surface area (Å²) in [7, 11) is 0. The highest BCUT2D eigenvalue weighted by molar-refractivity contribution is 7.09. The summed E-state index contributed by atoms with van der Waals surface area (Å²) in [5.41, 5.74) is 2.56. The van der Waals surface area contributed by atoms with Gasteiger partial charge in [-0.2, -0.15) is 0 Å². The van der Waals surface area contributed by atoms with Crippen molar-refractivity contribution in [1.29, 1.82) is 0 Å². The van der Waals surface area contributed by atoms with Gasteiger partial charge in [0, 0.05) is 0 Å². The molecule has 0 aliphatic rings. The Morgan fingerprint density at radius 3 is 2.90 bits per heavy atom. The molecule has 0 atom stereocenters. The minimum atomic E-state index is -0.953. The molecule has 0 amide bonds. The predicted molar refractivity (Wildman–Crippen MR) is 76.0 cm³/mol. The van der Waals surface area contributed by atoms with Crippen LogP contribution in [0, 0.1) is 0 Å². The van der Waals surface area contributed by atoms with Gasteiger partial charge in [0.1, 0.15) is 4.88 Å². The summed E-state index contributed by atoms with van der Waals surface area (Å²) < 4.78 is 3.97. The molecule has 2 N–H and O–H groups in total. The summed E-state index contributed by atoms with van der Waals surface area (Å²) >= 11 is 1.29. The number of carboxylic acid groups (broad SMARTS) is 1. The van der Waals surface area contributed by atoms with Crippen LogP contribution in [0.2, 0.25) is 0 Å². The predicted octanol–water partition coefficient (Wildman–Crippen LogP) is 2.90. The van der Waals surface area contributed by atoms with Gasteiger partial charge in [0.15, 0.2) is 5.82 Å². The lowest BCUT2D eigenvalue weighted by Gasteiger charge is -2.00. The first kappa shape index (κ1) is 12.7. The van der Waals surface area contributed by atoms with Crippen LogP contribution < -0.4 is 0 Å². The van der Waals surface area contributed by atoms with Crippen molar-refractivity contribution in [3.05, 3.63) is 29.5 Å². The second kappa shape index (κ2) is 4.68. The van der Waals surface area contributed by atoms with Crippen LogP contribution in [-0.2, 0) is 0 Å². The maximum Gasteiger partial charge on any atom is 0.335 e. The minimum Gasteiger partial charge on any atom is -0.478 e. The molecule has 20 heavy (non-hydrogen) atoms. The lowest BCUT2D eigenvalue weighted by molar-refractivity contribution is 0.0697. The molecule has 0 spiro atoms. The lowest BCUT2D eigenvalue weighted by atomic mass is 10.1. The molecule has 6 nitrogen and oxygen atoms in total. The first-order chi connectivity index (χ1) is 9.56. The summed E-state index contributed by atoms with van der Waals surface area (Å²) in [5, 5.41) is 13.1. The maximum absolute atomic E-state index is 11.0. The zero-order valence-electron chi connectivity index (χ0n) is 10.9. The highest BCUT2D eigenvalue weighted by Crippen LogP contribution is 2.30. The number of hydrogen-bond acceptors (Lipinski definition) is 5. The maximum atomic E-state index is 11.0. The number of nitrogens with zero attached hydrogens (tertiary/aromatic N) is 3. The van der Waals surface area contributed by atoms with Gasteiger partial charge in [0.25, 0.3) is 0 Å². The van der Waals surface area contributed by atoms with Gasteiger partial charge in [0.2, 0.25) is 0 Å². The van der Waals surface area contributed by atoms with Gasteiger partial charge in [0.05, 0.1) is 22.3 Å². The summed E-state index contributed by atoms with van der Waals surface area (Å²) in [5.74, 6) is -0.0156. The van der Waals surface area contributed by atoms with Gasteiger partial charge < -0.3 is 10.1 Å². The van der Waals surface area contributed by atoms with Gasteiger partial charge in [-0.3, -0.25) is 0 Å². The number of aromatic carboxylic acids is 1. The van der Waals surface area contributed by atoms with Crippen molar-refractivity contribution in [3.63, 3.8) is 0 Å². The molecule has 0 radical (unpaired) electrons. The van der Waals surface area contributed by atoms with E-state index in [2.05, 4.69) is 19.6 Å². The number of fused-ring (bicyclic) bond motifs is 1. The third-order valence-corrected chi connectivity index (χ3v) is 3.75. The normalized spacial score (nSPS) is 11.3. The SMILES string of the molecule is CC(C)c1nnsc1-c1nc2ccc(C(=O)O)cc2[nH]1. The van der Waals surface area contributed by atoms with Crippen molar-refractivity contribution in [1.82, 2.24) is 19.6 Å². The molecule has 0 fully saturated rings. The van der Waals surface area contributed by atoms with Crippen molar-refractivity contribution < 1.29 is 9.90 Å². The Morgan fingerprint density at radius 2 is 2.20 bits per heavy atom. The molecule has 0 saturated carbocycles. The van der Waals surface area contributed by atoms with Gasteiger partial charge in [-0.1, -0.05) is 18.3 Å². The molecular formula is C13H12N4O2S. The van der Waals surface area contributed by atoms with Crippen LogP contribution in [0.5, 0.6) is 0 Å². The molecule has 7 heteroatoms. The molecule has 0 unspecified atom stereocenters. The van der Waals surface area contributed by atoms with E-state index >= 15 is 0 Å². The standard InChI is InChI=1S/C13H12N4O2S/c1-6(2)10-11(20-17-16-10)12-14-8-4-3-7(13(18)19)5-9(8)15-12/h3-6H,1-2H3,(H,14,15)(H,18,19). The molecule has 102 valence electrons. The van der Waals surface area contributed by atoms with Crippen LogP contribution in [0.25, 0.3) is 21.7 Å². The van der Waals surface area contributed by atoms with E-state index in [0.29, 0.717) is 11.3 Å². The van der Waals surface area contributed by atoms with E-state index < -0.39 is 5.97 Å². The van der Waals surface area contributed by atoms with Gasteiger partial charge in [-0.15, -0.1) is 5.10 Å². The van der Waals surface area contributed by atoms with Gasteiger partial charge >= 0.3 is 5.97 Å². The van der Waals surface area contributed by atoms with E-state index in [0.717, 1.165) is 16.1 Å². The molecule has 0 bridgehead atoms. The fourth-order valence-electron chi connectivity index (χ4n) is 1.99. The van der Waals surface area contributed by atoms with E-state index in [-0.39, 0.29) is 11.5 Å². The minimum absolute atomic E-state index is 0.235. The van der Waals surface area contributed by atoms with Crippen LogP contribution in [0.1, 0.15) is 35.8 Å². The summed E-state index contributed by atoms with van der Waals surface area (Å²) in [6.45, 7) is 4.09. The molecule has 0 aliphatic heterocycles. The van der Waals surface area contributed by atoms with Crippen LogP contribution in [0.3, 0.4) is 0 Å². The van der Waals surface area contributed by atoms with E-state index in [1.54, 1.807) is 18.2 Å². The van der Waals surface area contributed by atoms with Crippen LogP contribution in [-0.4, -0.2) is 30.6 Å². The lowest BCUT2D eigenvalue weighted by Crippen LogP contribution is -1.94. The zero-order chi connectivity index (χ0) is 14.3. The van der Waals surface area contributed by atoms with Gasteiger partial charge in [-0.05, 0) is 35.6 Å². The van der Waals surface area contributed by atoms with Crippen molar-refractivity contribution in [3.8, 4) is 10.7 Å². The molecule has 3 rings (SSSR count). The highest BCUT2D eigenvalue weighted by atomic mass is 32.1. The van der Waals surface area contributed by atoms with Crippen LogP contribution in [0.15, 0.2) is 18.2 Å². The number of aromatic nitrogens is 4. The topological polar surface area (TPSA) is 91.8 Å². The first-order valence-electron chi connectivity index (χ1n) is 6.12. The van der Waals surface area contributed by atoms with Gasteiger partial charge in [-0.25, -0.2) is 9.78 Å². The third-order valence-electron chi connectivity index (χ3n) is 3.00. The first-order valence-corrected chi connectivity index (χ1v) is 6.89. The number of aromatic amines is 1. The van der Waals surface area contributed by atoms with E-state index in [4.69, 9.17) is 5.11 Å². The van der Waals surface area contributed by atoms with E-state index in [1.165, 1.54) is 11.5 Å². The molecule has 2 heterocycles. The van der Waals surface area contributed by atoms with Crippen LogP contribution in [0.4, 0.5) is 0 Å². The molecular weight excluding hydrogens is 276 g/mol. The van der Waals surface area contributed by atoms with Crippen molar-refractivity contribution in [2.24, 2.45) is 0 Å². The fraction of sp³-hybridized carbons (Fsp3) is 0.231. The molecule has 0 saturated heterocycles. The van der Waals surface area contributed by atoms with Crippen molar-refractivity contribution in [2.75, 3.05) is 0 Å². The average Bonchev–Trinajstić information content (AvgIpc) is 3.03. The second-order valence-electron chi connectivity index (χ2n) is 4.76. The zero-order valence-corrected chi connectivity index (χ0v) is 11.7. The number of nitrogens with one attached hydrogen (secondary N) is 1. The monoisotopic (exact) mass is 288 g/mol. The Hall–Kier alpha value is -2.28. The average molecular weight is 288 g/mol. The Morgan fingerprint density at radius 1 is 1.40 bits per heavy atom. The quantitative estimate of drug-likeness (QED) is 0.773. The number of H-pyrrole nitrogens is 1. The van der Waals surface area contributed by atoms with E-state index in [1.807, 2.05) is 13.8 Å². The number of benzene rings is 1. The van der Waals surface area contributed by atoms with E-state index in [9.17, 15) is 4.79 Å². The second-order valence-corrected chi connectivity index (χ2v) is 5.52.